The van der Waals surface area contributed by atoms with Crippen LogP contribution in [0.1, 0.15) is 57.5 Å². The van der Waals surface area contributed by atoms with Gasteiger partial charge in [0.15, 0.2) is 0 Å². The molecule has 1 unspecified atom stereocenters. The molecule has 1 atom stereocenters. The summed E-state index contributed by atoms with van der Waals surface area (Å²) in [5.74, 6) is -0.927. The van der Waals surface area contributed by atoms with Crippen LogP contribution in [-0.2, 0) is 25.5 Å². The molecule has 35 heavy (non-hydrogen) atoms. The zero-order chi connectivity index (χ0) is 26.2. The summed E-state index contributed by atoms with van der Waals surface area (Å²) in [5, 5.41) is 7.92. The Morgan fingerprint density at radius 1 is 0.829 bits per heavy atom. The van der Waals surface area contributed by atoms with Crippen molar-refractivity contribution in [3.63, 3.8) is 0 Å². The molecule has 9 nitrogen and oxygen atoms in total. The molecule has 0 fully saturated rings. The molecule has 0 aliphatic carbocycles. The molecule has 2 rings (SSSR count). The summed E-state index contributed by atoms with van der Waals surface area (Å²) in [6.07, 6.45) is 0.0310. The highest BCUT2D eigenvalue weighted by molar-refractivity contribution is 5.97. The van der Waals surface area contributed by atoms with E-state index >= 15 is 0 Å². The van der Waals surface area contributed by atoms with Crippen molar-refractivity contribution in [2.75, 3.05) is 10.6 Å². The van der Waals surface area contributed by atoms with Gasteiger partial charge in [-0.15, -0.1) is 0 Å². The van der Waals surface area contributed by atoms with E-state index in [1.165, 1.54) is 0 Å². The molecule has 3 N–H and O–H groups in total. The minimum absolute atomic E-state index is 0.183. The number of alkyl carbamates (subject to hydrolysis) is 1. The highest BCUT2D eigenvalue weighted by atomic mass is 16.6. The van der Waals surface area contributed by atoms with Gasteiger partial charge in [0.2, 0.25) is 12.3 Å². The van der Waals surface area contributed by atoms with E-state index in [0.29, 0.717) is 23.3 Å². The van der Waals surface area contributed by atoms with Crippen LogP contribution in [0.15, 0.2) is 48.5 Å². The summed E-state index contributed by atoms with van der Waals surface area (Å²) >= 11 is 0. The summed E-state index contributed by atoms with van der Waals surface area (Å²) in [7, 11) is 0. The van der Waals surface area contributed by atoms with Gasteiger partial charge in [-0.1, -0.05) is 12.1 Å². The maximum absolute atomic E-state index is 13.1. The van der Waals surface area contributed by atoms with E-state index in [2.05, 4.69) is 16.0 Å². The summed E-state index contributed by atoms with van der Waals surface area (Å²) in [5.41, 5.74) is 0.818. The van der Waals surface area contributed by atoms with Crippen molar-refractivity contribution in [3.8, 4) is 0 Å². The van der Waals surface area contributed by atoms with Crippen molar-refractivity contribution in [1.82, 2.24) is 5.32 Å². The quantitative estimate of drug-likeness (QED) is 0.380. The number of carbonyl (C=O) groups excluding carboxylic acids is 4. The second-order valence-electron chi connectivity index (χ2n) is 9.93. The van der Waals surface area contributed by atoms with Crippen LogP contribution < -0.4 is 16.0 Å². The zero-order valence-corrected chi connectivity index (χ0v) is 20.9. The van der Waals surface area contributed by atoms with E-state index in [9.17, 15) is 19.2 Å². The van der Waals surface area contributed by atoms with Crippen LogP contribution >= 0.6 is 0 Å². The van der Waals surface area contributed by atoms with Gasteiger partial charge in [0.25, 0.3) is 0 Å². The van der Waals surface area contributed by atoms with Gasteiger partial charge in [-0.3, -0.25) is 9.59 Å². The molecule has 0 aliphatic heterocycles. The fraction of sp³-hybridized carbons (Fsp3) is 0.385. The maximum atomic E-state index is 13.1. The molecule has 188 valence electrons. The van der Waals surface area contributed by atoms with Crippen LogP contribution in [-0.4, -0.2) is 41.6 Å². The number of esters is 1. The number of anilines is 2. The Kier molecular flexibility index (Phi) is 8.99. The van der Waals surface area contributed by atoms with Crippen LogP contribution in [0.2, 0.25) is 0 Å². The third kappa shape index (κ3) is 9.87. The second-order valence-corrected chi connectivity index (χ2v) is 9.93. The first-order valence-electron chi connectivity index (χ1n) is 11.2. The van der Waals surface area contributed by atoms with Crippen molar-refractivity contribution in [2.45, 2.75) is 65.2 Å². The van der Waals surface area contributed by atoms with Gasteiger partial charge in [0.05, 0.1) is 5.56 Å². The maximum Gasteiger partial charge on any atom is 0.408 e. The van der Waals surface area contributed by atoms with Crippen molar-refractivity contribution in [1.29, 1.82) is 0 Å². The van der Waals surface area contributed by atoms with Crippen molar-refractivity contribution >= 4 is 35.8 Å². The molecule has 2 aromatic carbocycles. The average Bonchev–Trinajstić information content (AvgIpc) is 2.72. The number of nitrogens with one attached hydrogen (secondary N) is 3. The largest absolute Gasteiger partial charge is 0.456 e. The Hall–Kier alpha value is -3.88. The van der Waals surface area contributed by atoms with Gasteiger partial charge < -0.3 is 25.4 Å². The lowest BCUT2D eigenvalue weighted by Crippen LogP contribution is -2.47. The van der Waals surface area contributed by atoms with Gasteiger partial charge >= 0.3 is 12.1 Å². The number of benzene rings is 2. The molecule has 0 saturated carbocycles. The van der Waals surface area contributed by atoms with Gasteiger partial charge in [-0.25, -0.2) is 9.59 Å². The van der Waals surface area contributed by atoms with Gasteiger partial charge in [0, 0.05) is 17.8 Å². The molecule has 0 radical (unpaired) electrons. The van der Waals surface area contributed by atoms with Gasteiger partial charge in [-0.05, 0) is 83.5 Å². The minimum atomic E-state index is -0.944. The van der Waals surface area contributed by atoms with E-state index in [-0.39, 0.29) is 6.42 Å². The molecule has 0 heterocycles. The molecule has 0 spiro atoms. The van der Waals surface area contributed by atoms with Crippen LogP contribution in [0, 0.1) is 0 Å². The molecule has 9 heteroatoms. The summed E-state index contributed by atoms with van der Waals surface area (Å²) < 4.78 is 10.7. The lowest BCUT2D eigenvalue weighted by atomic mass is 10.0. The third-order valence-corrected chi connectivity index (χ3v) is 4.41. The Balaban J connectivity index is 2.15. The summed E-state index contributed by atoms with van der Waals surface area (Å²) in [6.45, 7) is 10.5. The molecule has 0 aliphatic rings. The van der Waals surface area contributed by atoms with Crippen molar-refractivity contribution in [2.24, 2.45) is 0 Å². The topological polar surface area (TPSA) is 123 Å². The first-order chi connectivity index (χ1) is 16.3. The minimum Gasteiger partial charge on any atom is -0.456 e. The highest BCUT2D eigenvalue weighted by Gasteiger charge is 2.25. The molecular formula is C26H33N3O6. The molecule has 0 bridgehead atoms. The van der Waals surface area contributed by atoms with Gasteiger partial charge in [0.1, 0.15) is 17.2 Å². The standard InChI is InChI=1S/C26H33N3O6/c1-25(2,3)34-23(32)18-9-13-20(14-10-18)28-22(31)21(29-24(33)35-26(4,5)6)15-17-7-11-19(12-8-17)27-16-30/h7-14,16,21H,15H2,1-6H3,(H,27,30)(H,28,31)(H,29,33). The number of hydrogen-bond donors (Lipinski definition) is 3. The lowest BCUT2D eigenvalue weighted by molar-refractivity contribution is -0.118. The SMILES string of the molecule is CC(C)(C)OC(=O)NC(Cc1ccc(NC=O)cc1)C(=O)Nc1ccc(C(=O)OC(C)(C)C)cc1. The van der Waals surface area contributed by atoms with E-state index in [1.807, 2.05) is 0 Å². The Labute approximate surface area is 205 Å². The normalized spacial score (nSPS) is 12.2. The van der Waals surface area contributed by atoms with Crippen LogP contribution in [0.4, 0.5) is 16.2 Å². The molecule has 3 amide bonds. The van der Waals surface area contributed by atoms with Crippen LogP contribution in [0.3, 0.4) is 0 Å². The van der Waals surface area contributed by atoms with Crippen molar-refractivity contribution < 1.29 is 28.7 Å². The average molecular weight is 484 g/mol. The zero-order valence-electron chi connectivity index (χ0n) is 20.9. The molecule has 0 aromatic heterocycles. The van der Waals surface area contributed by atoms with Crippen molar-refractivity contribution in [3.05, 3.63) is 59.7 Å². The van der Waals surface area contributed by atoms with Crippen LogP contribution in [0.25, 0.3) is 0 Å². The van der Waals surface area contributed by atoms with Gasteiger partial charge in [-0.2, -0.15) is 0 Å². The Morgan fingerprint density at radius 2 is 1.37 bits per heavy atom. The second kappa shape index (κ2) is 11.5. The molecular weight excluding hydrogens is 450 g/mol. The highest BCUT2D eigenvalue weighted by Crippen LogP contribution is 2.17. The number of hydrogen-bond acceptors (Lipinski definition) is 6. The van der Waals surface area contributed by atoms with E-state index in [0.717, 1.165) is 5.56 Å². The molecule has 2 aromatic rings. The predicted octanol–water partition coefficient (Wildman–Crippen LogP) is 4.28. The summed E-state index contributed by atoms with van der Waals surface area (Å²) in [6, 6.07) is 12.2. The first kappa shape index (κ1) is 27.4. The Morgan fingerprint density at radius 3 is 1.89 bits per heavy atom. The van der Waals surface area contributed by atoms with E-state index < -0.39 is 35.2 Å². The third-order valence-electron chi connectivity index (χ3n) is 4.41. The van der Waals surface area contributed by atoms with Crippen LogP contribution in [0.5, 0.6) is 0 Å². The Bertz CT molecular complexity index is 1030. The summed E-state index contributed by atoms with van der Waals surface area (Å²) in [4.78, 5) is 48.3. The number of rotatable bonds is 8. The predicted molar refractivity (Wildman–Crippen MR) is 133 cm³/mol. The lowest BCUT2D eigenvalue weighted by Gasteiger charge is -2.23. The number of amides is 3. The fourth-order valence-corrected chi connectivity index (χ4v) is 2.96. The number of carbonyl (C=O) groups is 4. The van der Waals surface area contributed by atoms with E-state index in [4.69, 9.17) is 9.47 Å². The molecule has 0 saturated heterocycles. The monoisotopic (exact) mass is 483 g/mol. The smallest absolute Gasteiger partial charge is 0.408 e. The first-order valence-corrected chi connectivity index (χ1v) is 11.2. The number of ether oxygens (including phenoxy) is 2. The van der Waals surface area contributed by atoms with E-state index in [1.54, 1.807) is 90.1 Å². The fourth-order valence-electron chi connectivity index (χ4n) is 2.96.